The van der Waals surface area contributed by atoms with Gasteiger partial charge in [0.15, 0.2) is 0 Å². The Bertz CT molecular complexity index is 814. The standard InChI is InChI=1S/C16H27N3O4S2/c1-16(2,12-17)13-18(3)24(20,21)14-7-6-8-15(11-14)25(22,23)19-9-4-5-10-19/h6-8,11H,4-5,9-10,12-13,17H2,1-3H3. The summed E-state index contributed by atoms with van der Waals surface area (Å²) in [4.78, 5) is -0.00921. The van der Waals surface area contributed by atoms with Crippen LogP contribution in [0.2, 0.25) is 0 Å². The van der Waals surface area contributed by atoms with Crippen molar-refractivity contribution in [2.45, 2.75) is 36.5 Å². The van der Waals surface area contributed by atoms with Crippen LogP contribution in [0.1, 0.15) is 26.7 Å². The molecule has 25 heavy (non-hydrogen) atoms. The van der Waals surface area contributed by atoms with Crippen LogP contribution in [0.5, 0.6) is 0 Å². The number of hydrogen-bond donors (Lipinski definition) is 1. The summed E-state index contributed by atoms with van der Waals surface area (Å²) in [6.07, 6.45) is 1.66. The molecule has 0 bridgehead atoms. The van der Waals surface area contributed by atoms with Gasteiger partial charge in [-0.15, -0.1) is 0 Å². The second-order valence-corrected chi connectivity index (χ2v) is 11.2. The molecule has 1 heterocycles. The molecule has 2 rings (SSSR count). The van der Waals surface area contributed by atoms with Gasteiger partial charge in [0.2, 0.25) is 20.0 Å². The highest BCUT2D eigenvalue weighted by atomic mass is 32.2. The molecule has 2 N–H and O–H groups in total. The summed E-state index contributed by atoms with van der Waals surface area (Å²) < 4.78 is 53.6. The van der Waals surface area contributed by atoms with Gasteiger partial charge in [0.1, 0.15) is 0 Å². The highest BCUT2D eigenvalue weighted by Gasteiger charge is 2.30. The van der Waals surface area contributed by atoms with Gasteiger partial charge in [0, 0.05) is 26.7 Å². The fourth-order valence-electron chi connectivity index (χ4n) is 2.80. The van der Waals surface area contributed by atoms with E-state index < -0.39 is 20.0 Å². The second-order valence-electron chi connectivity index (χ2n) is 7.22. The van der Waals surface area contributed by atoms with Crippen LogP contribution in [-0.4, -0.2) is 58.7 Å². The summed E-state index contributed by atoms with van der Waals surface area (Å²) in [6, 6.07) is 5.58. The first kappa shape index (κ1) is 20.3. The van der Waals surface area contributed by atoms with Gasteiger partial charge in [0.25, 0.3) is 0 Å². The molecule has 0 saturated carbocycles. The van der Waals surface area contributed by atoms with Gasteiger partial charge in [-0.05, 0) is 43.0 Å². The molecule has 0 radical (unpaired) electrons. The van der Waals surface area contributed by atoms with Crippen molar-refractivity contribution in [3.8, 4) is 0 Å². The smallest absolute Gasteiger partial charge is 0.243 e. The van der Waals surface area contributed by atoms with Gasteiger partial charge < -0.3 is 5.73 Å². The zero-order valence-corrected chi connectivity index (χ0v) is 16.6. The van der Waals surface area contributed by atoms with Crippen molar-refractivity contribution in [1.82, 2.24) is 8.61 Å². The van der Waals surface area contributed by atoms with Gasteiger partial charge in [0.05, 0.1) is 9.79 Å². The molecule has 142 valence electrons. The minimum Gasteiger partial charge on any atom is -0.330 e. The first-order valence-corrected chi connectivity index (χ1v) is 11.2. The van der Waals surface area contributed by atoms with Crippen molar-refractivity contribution in [2.24, 2.45) is 11.1 Å². The van der Waals surface area contributed by atoms with E-state index in [9.17, 15) is 16.8 Å². The average molecular weight is 390 g/mol. The lowest BCUT2D eigenvalue weighted by molar-refractivity contribution is 0.292. The van der Waals surface area contributed by atoms with E-state index in [4.69, 9.17) is 5.73 Å². The Morgan fingerprint density at radius 2 is 1.68 bits per heavy atom. The van der Waals surface area contributed by atoms with Crippen LogP contribution in [0, 0.1) is 5.41 Å². The molecule has 1 aliphatic heterocycles. The van der Waals surface area contributed by atoms with Crippen LogP contribution >= 0.6 is 0 Å². The maximum absolute atomic E-state index is 12.8. The molecule has 9 heteroatoms. The lowest BCUT2D eigenvalue weighted by atomic mass is 9.94. The van der Waals surface area contributed by atoms with Gasteiger partial charge in [-0.3, -0.25) is 0 Å². The monoisotopic (exact) mass is 389 g/mol. The molecule has 7 nitrogen and oxygen atoms in total. The Kier molecular flexibility index (Phi) is 5.95. The van der Waals surface area contributed by atoms with Gasteiger partial charge >= 0.3 is 0 Å². The zero-order chi connectivity index (χ0) is 18.9. The molecule has 1 aliphatic rings. The van der Waals surface area contributed by atoms with Crippen molar-refractivity contribution < 1.29 is 16.8 Å². The van der Waals surface area contributed by atoms with E-state index in [1.54, 1.807) is 0 Å². The lowest BCUT2D eigenvalue weighted by Crippen LogP contribution is -2.39. The number of benzene rings is 1. The van der Waals surface area contributed by atoms with E-state index in [0.29, 0.717) is 19.6 Å². The van der Waals surface area contributed by atoms with Crippen LogP contribution in [0.25, 0.3) is 0 Å². The summed E-state index contributed by atoms with van der Waals surface area (Å²) >= 11 is 0. The quantitative estimate of drug-likeness (QED) is 0.752. The Morgan fingerprint density at radius 1 is 1.12 bits per heavy atom. The normalized spacial score (nSPS) is 17.3. The molecule has 0 atom stereocenters. The van der Waals surface area contributed by atoms with E-state index in [1.165, 1.54) is 39.9 Å². The molecular formula is C16H27N3O4S2. The molecule has 1 saturated heterocycles. The highest BCUT2D eigenvalue weighted by Crippen LogP contribution is 2.25. The fraction of sp³-hybridized carbons (Fsp3) is 0.625. The predicted molar refractivity (Wildman–Crippen MR) is 97.1 cm³/mol. The van der Waals surface area contributed by atoms with E-state index in [1.807, 2.05) is 13.8 Å². The van der Waals surface area contributed by atoms with Gasteiger partial charge in [-0.1, -0.05) is 19.9 Å². The van der Waals surface area contributed by atoms with Crippen molar-refractivity contribution >= 4 is 20.0 Å². The lowest BCUT2D eigenvalue weighted by Gasteiger charge is -2.28. The predicted octanol–water partition coefficient (Wildman–Crippen LogP) is 1.08. The SMILES string of the molecule is CN(CC(C)(C)CN)S(=O)(=O)c1cccc(S(=O)(=O)N2CCCC2)c1. The van der Waals surface area contributed by atoms with Crippen LogP contribution in [0.3, 0.4) is 0 Å². The first-order chi connectivity index (χ1) is 11.5. The third-order valence-corrected chi connectivity index (χ3v) is 8.11. The highest BCUT2D eigenvalue weighted by molar-refractivity contribution is 7.90. The van der Waals surface area contributed by atoms with Gasteiger partial charge in [-0.25, -0.2) is 21.1 Å². The zero-order valence-electron chi connectivity index (χ0n) is 15.0. The summed E-state index contributed by atoms with van der Waals surface area (Å²) in [5.41, 5.74) is 5.31. The van der Waals surface area contributed by atoms with Crippen molar-refractivity contribution in [3.63, 3.8) is 0 Å². The first-order valence-electron chi connectivity index (χ1n) is 8.27. The molecule has 1 aromatic carbocycles. The van der Waals surface area contributed by atoms with E-state index in [2.05, 4.69) is 0 Å². The maximum Gasteiger partial charge on any atom is 0.243 e. The maximum atomic E-state index is 12.8. The summed E-state index contributed by atoms with van der Waals surface area (Å²) in [5, 5.41) is 0. The Morgan fingerprint density at radius 3 is 2.24 bits per heavy atom. The number of nitrogens with two attached hydrogens (primary N) is 1. The molecular weight excluding hydrogens is 362 g/mol. The van der Waals surface area contributed by atoms with E-state index >= 15 is 0 Å². The second kappa shape index (κ2) is 7.32. The molecule has 0 aliphatic carbocycles. The minimum absolute atomic E-state index is 0.0157. The number of rotatable bonds is 7. The molecule has 1 aromatic rings. The largest absolute Gasteiger partial charge is 0.330 e. The van der Waals surface area contributed by atoms with Crippen molar-refractivity contribution in [2.75, 3.05) is 33.2 Å². The molecule has 0 amide bonds. The Balaban J connectivity index is 2.34. The number of sulfonamides is 2. The van der Waals surface area contributed by atoms with Gasteiger partial charge in [-0.2, -0.15) is 4.31 Å². The Labute approximate surface area is 150 Å². The molecule has 0 spiro atoms. The van der Waals surface area contributed by atoms with Crippen molar-refractivity contribution in [3.05, 3.63) is 24.3 Å². The van der Waals surface area contributed by atoms with E-state index in [-0.39, 0.29) is 21.8 Å². The molecule has 1 fully saturated rings. The topological polar surface area (TPSA) is 101 Å². The average Bonchev–Trinajstić information content (AvgIpc) is 3.10. The minimum atomic E-state index is -3.79. The van der Waals surface area contributed by atoms with Crippen LogP contribution < -0.4 is 5.73 Å². The summed E-state index contributed by atoms with van der Waals surface area (Å²) in [5.74, 6) is 0. The van der Waals surface area contributed by atoms with E-state index in [0.717, 1.165) is 12.8 Å². The molecule has 0 unspecified atom stereocenters. The Hall–Kier alpha value is -1.00. The summed E-state index contributed by atoms with van der Waals surface area (Å²) in [7, 11) is -5.97. The third-order valence-electron chi connectivity index (χ3n) is 4.42. The molecule has 0 aromatic heterocycles. The third kappa shape index (κ3) is 4.40. The van der Waals surface area contributed by atoms with Crippen molar-refractivity contribution in [1.29, 1.82) is 0 Å². The number of nitrogens with zero attached hydrogens (tertiary/aromatic N) is 2. The van der Waals surface area contributed by atoms with Crippen LogP contribution in [0.4, 0.5) is 0 Å². The van der Waals surface area contributed by atoms with Crippen LogP contribution in [0.15, 0.2) is 34.1 Å². The fourth-order valence-corrected chi connectivity index (χ4v) is 5.85. The number of hydrogen-bond acceptors (Lipinski definition) is 5. The van der Waals surface area contributed by atoms with Crippen LogP contribution in [-0.2, 0) is 20.0 Å². The summed E-state index contributed by atoms with van der Waals surface area (Å²) in [6.45, 7) is 5.31.